The average Bonchev–Trinajstić information content (AvgIpc) is 3.26. The fourth-order valence-electron chi connectivity index (χ4n) is 2.72. The third-order valence-corrected chi connectivity index (χ3v) is 4.74. The van der Waals surface area contributed by atoms with Crippen molar-refractivity contribution in [2.75, 3.05) is 12.4 Å². The zero-order valence-corrected chi connectivity index (χ0v) is 15.0. The van der Waals surface area contributed by atoms with Crippen LogP contribution in [-0.4, -0.2) is 27.3 Å². The molecule has 0 aliphatic rings. The Kier molecular flexibility index (Phi) is 4.36. The minimum atomic E-state index is -0.497. The highest BCUT2D eigenvalue weighted by Crippen LogP contribution is 2.31. The minimum Gasteiger partial charge on any atom is -0.369 e. The predicted molar refractivity (Wildman–Crippen MR) is 99.3 cm³/mol. The first-order valence-electron chi connectivity index (χ1n) is 7.96. The third-order valence-electron chi connectivity index (χ3n) is 3.94. The Hall–Kier alpha value is -2.84. The average molecular weight is 369 g/mol. The SMILES string of the molecule is COC(c1ccc(F)cc1)c1nc(Nc2cc(C)[nH]n2)c2ccsc2n1. The van der Waals surface area contributed by atoms with Gasteiger partial charge < -0.3 is 10.1 Å². The molecule has 0 fully saturated rings. The Bertz CT molecular complexity index is 1040. The van der Waals surface area contributed by atoms with E-state index in [4.69, 9.17) is 4.74 Å². The maximum atomic E-state index is 13.2. The molecule has 2 N–H and O–H groups in total. The lowest BCUT2D eigenvalue weighted by atomic mass is 10.1. The Labute approximate surface area is 153 Å². The zero-order valence-electron chi connectivity index (χ0n) is 14.2. The van der Waals surface area contributed by atoms with Crippen molar-refractivity contribution < 1.29 is 9.13 Å². The minimum absolute atomic E-state index is 0.297. The van der Waals surface area contributed by atoms with Crippen LogP contribution in [0.1, 0.15) is 23.2 Å². The van der Waals surface area contributed by atoms with Gasteiger partial charge in [0.15, 0.2) is 11.6 Å². The highest BCUT2D eigenvalue weighted by molar-refractivity contribution is 7.16. The van der Waals surface area contributed by atoms with E-state index in [1.54, 1.807) is 19.2 Å². The Morgan fingerprint density at radius 3 is 2.69 bits per heavy atom. The maximum Gasteiger partial charge on any atom is 0.165 e. The molecule has 0 amide bonds. The van der Waals surface area contributed by atoms with Gasteiger partial charge in [-0.05, 0) is 36.1 Å². The van der Waals surface area contributed by atoms with Gasteiger partial charge in [-0.1, -0.05) is 12.1 Å². The summed E-state index contributed by atoms with van der Waals surface area (Å²) in [5.41, 5.74) is 1.73. The first kappa shape index (κ1) is 16.6. The normalized spacial score (nSPS) is 12.4. The summed E-state index contributed by atoms with van der Waals surface area (Å²) in [7, 11) is 1.58. The van der Waals surface area contributed by atoms with Crippen molar-refractivity contribution in [2.45, 2.75) is 13.0 Å². The zero-order chi connectivity index (χ0) is 18.1. The molecule has 0 bridgehead atoms. The molecule has 1 unspecified atom stereocenters. The van der Waals surface area contributed by atoms with Crippen molar-refractivity contribution in [3.8, 4) is 0 Å². The summed E-state index contributed by atoms with van der Waals surface area (Å²) in [6, 6.07) is 10.0. The van der Waals surface area contributed by atoms with Crippen LogP contribution in [0.3, 0.4) is 0 Å². The van der Waals surface area contributed by atoms with Gasteiger partial charge in [-0.3, -0.25) is 5.10 Å². The molecule has 132 valence electrons. The van der Waals surface area contributed by atoms with Gasteiger partial charge in [-0.15, -0.1) is 11.3 Å². The standard InChI is InChI=1S/C18H16FN5OS/c1-10-9-14(24-23-10)20-16-13-7-8-26-18(13)22-17(21-16)15(25-2)11-3-5-12(19)6-4-11/h3-9,15H,1-2H3,(H2,20,21,22,23,24). The summed E-state index contributed by atoms with van der Waals surface area (Å²) >= 11 is 1.52. The van der Waals surface area contributed by atoms with Crippen molar-refractivity contribution in [3.63, 3.8) is 0 Å². The number of hydrogen-bond donors (Lipinski definition) is 2. The molecular formula is C18H16FN5OS. The summed E-state index contributed by atoms with van der Waals surface area (Å²) < 4.78 is 18.8. The lowest BCUT2D eigenvalue weighted by Crippen LogP contribution is -2.10. The predicted octanol–water partition coefficient (Wildman–Crippen LogP) is 4.34. The molecule has 0 aliphatic heterocycles. The molecule has 6 nitrogen and oxygen atoms in total. The van der Waals surface area contributed by atoms with E-state index in [9.17, 15) is 4.39 Å². The second-order valence-electron chi connectivity index (χ2n) is 5.80. The number of hydrogen-bond acceptors (Lipinski definition) is 6. The summed E-state index contributed by atoms with van der Waals surface area (Å²) in [6.45, 7) is 1.93. The molecular weight excluding hydrogens is 353 g/mol. The molecule has 26 heavy (non-hydrogen) atoms. The number of aromatic nitrogens is 4. The Morgan fingerprint density at radius 1 is 1.19 bits per heavy atom. The molecule has 0 saturated carbocycles. The third kappa shape index (κ3) is 3.16. The number of H-pyrrole nitrogens is 1. The first-order chi connectivity index (χ1) is 12.6. The topological polar surface area (TPSA) is 75.7 Å². The molecule has 1 aromatic carbocycles. The number of nitrogens with zero attached hydrogens (tertiary/aromatic N) is 3. The first-order valence-corrected chi connectivity index (χ1v) is 8.84. The van der Waals surface area contributed by atoms with Gasteiger partial charge in [0.25, 0.3) is 0 Å². The van der Waals surface area contributed by atoms with Crippen LogP contribution in [0, 0.1) is 12.7 Å². The van der Waals surface area contributed by atoms with Gasteiger partial charge in [0.05, 0.1) is 5.39 Å². The summed E-state index contributed by atoms with van der Waals surface area (Å²) in [6.07, 6.45) is -0.497. The molecule has 0 spiro atoms. The van der Waals surface area contributed by atoms with Crippen molar-refractivity contribution in [2.24, 2.45) is 0 Å². The lowest BCUT2D eigenvalue weighted by Gasteiger charge is -2.16. The van der Waals surface area contributed by atoms with Crippen LogP contribution in [0.25, 0.3) is 10.2 Å². The van der Waals surface area contributed by atoms with Crippen LogP contribution < -0.4 is 5.32 Å². The number of aryl methyl sites for hydroxylation is 1. The monoisotopic (exact) mass is 369 g/mol. The number of fused-ring (bicyclic) bond motifs is 1. The number of benzene rings is 1. The number of anilines is 2. The second kappa shape index (κ2) is 6.81. The number of methoxy groups -OCH3 is 1. The van der Waals surface area contributed by atoms with E-state index in [0.29, 0.717) is 17.5 Å². The summed E-state index contributed by atoms with van der Waals surface area (Å²) in [5, 5.41) is 13.2. The van der Waals surface area contributed by atoms with Crippen LogP contribution in [0.15, 0.2) is 41.8 Å². The van der Waals surface area contributed by atoms with Gasteiger partial charge in [0, 0.05) is 18.9 Å². The van der Waals surface area contributed by atoms with Gasteiger partial charge in [0.2, 0.25) is 0 Å². The highest BCUT2D eigenvalue weighted by Gasteiger charge is 2.20. The molecule has 1 atom stereocenters. The fourth-order valence-corrected chi connectivity index (χ4v) is 3.49. The van der Waals surface area contributed by atoms with Gasteiger partial charge >= 0.3 is 0 Å². The largest absolute Gasteiger partial charge is 0.369 e. The van der Waals surface area contributed by atoms with Crippen molar-refractivity contribution in [1.29, 1.82) is 0 Å². The van der Waals surface area contributed by atoms with Crippen LogP contribution in [0.4, 0.5) is 16.0 Å². The quantitative estimate of drug-likeness (QED) is 0.547. The van der Waals surface area contributed by atoms with E-state index in [1.165, 1.54) is 23.5 Å². The van der Waals surface area contributed by atoms with Crippen molar-refractivity contribution in [3.05, 3.63) is 64.7 Å². The Morgan fingerprint density at radius 2 is 2.00 bits per heavy atom. The number of ether oxygens (including phenoxy) is 1. The highest BCUT2D eigenvalue weighted by atomic mass is 32.1. The Balaban J connectivity index is 1.78. The molecule has 8 heteroatoms. The van der Waals surface area contributed by atoms with E-state index in [-0.39, 0.29) is 5.82 Å². The van der Waals surface area contributed by atoms with Gasteiger partial charge in [-0.2, -0.15) is 5.10 Å². The van der Waals surface area contributed by atoms with E-state index in [1.807, 2.05) is 24.4 Å². The lowest BCUT2D eigenvalue weighted by molar-refractivity contribution is 0.129. The number of rotatable bonds is 5. The number of halogens is 1. The second-order valence-corrected chi connectivity index (χ2v) is 6.69. The van der Waals surface area contributed by atoms with Crippen molar-refractivity contribution in [1.82, 2.24) is 20.2 Å². The van der Waals surface area contributed by atoms with Crippen LogP contribution in [-0.2, 0) is 4.74 Å². The van der Waals surface area contributed by atoms with E-state index in [2.05, 4.69) is 25.5 Å². The molecule has 4 aromatic rings. The van der Waals surface area contributed by atoms with Crippen molar-refractivity contribution >= 4 is 33.2 Å². The molecule has 3 aromatic heterocycles. The fraction of sp³-hybridized carbons (Fsp3) is 0.167. The van der Waals surface area contributed by atoms with Gasteiger partial charge in [0.1, 0.15) is 22.6 Å². The van der Waals surface area contributed by atoms with E-state index >= 15 is 0 Å². The number of thiophene rings is 1. The molecule has 0 radical (unpaired) electrons. The summed E-state index contributed by atoms with van der Waals surface area (Å²) in [5.74, 6) is 1.54. The smallest absolute Gasteiger partial charge is 0.165 e. The van der Waals surface area contributed by atoms with Crippen LogP contribution in [0.2, 0.25) is 0 Å². The molecule has 0 aliphatic carbocycles. The van der Waals surface area contributed by atoms with E-state index in [0.717, 1.165) is 21.5 Å². The van der Waals surface area contributed by atoms with Crippen LogP contribution >= 0.6 is 11.3 Å². The molecule has 4 rings (SSSR count). The van der Waals surface area contributed by atoms with Gasteiger partial charge in [-0.25, -0.2) is 14.4 Å². The number of aromatic amines is 1. The summed E-state index contributed by atoms with van der Waals surface area (Å²) in [4.78, 5) is 10.1. The molecule has 3 heterocycles. The number of nitrogens with one attached hydrogen (secondary N) is 2. The molecule has 0 saturated heterocycles. The van der Waals surface area contributed by atoms with E-state index < -0.39 is 6.10 Å². The maximum absolute atomic E-state index is 13.2. The van der Waals surface area contributed by atoms with Crippen LogP contribution in [0.5, 0.6) is 0 Å².